The minimum atomic E-state index is -0.408. The highest BCUT2D eigenvalue weighted by Crippen LogP contribution is 2.36. The van der Waals surface area contributed by atoms with Gasteiger partial charge in [-0.1, -0.05) is 6.07 Å². The van der Waals surface area contributed by atoms with Crippen LogP contribution in [-0.2, 0) is 23.4 Å². The maximum Gasteiger partial charge on any atom is 0.494 e. The predicted molar refractivity (Wildman–Crippen MR) is 95.1 cm³/mol. The van der Waals surface area contributed by atoms with Gasteiger partial charge < -0.3 is 9.31 Å². The molecule has 2 heterocycles. The second-order valence-electron chi connectivity index (χ2n) is 6.74. The second kappa shape index (κ2) is 5.69. The van der Waals surface area contributed by atoms with Crippen LogP contribution in [0.4, 0.5) is 0 Å². The highest BCUT2D eigenvalue weighted by Gasteiger charge is 2.51. The van der Waals surface area contributed by atoms with Crippen molar-refractivity contribution in [3.05, 3.63) is 41.8 Å². The third-order valence-electron chi connectivity index (χ3n) is 4.82. The number of hydrogen-bond acceptors (Lipinski definition) is 3. The van der Waals surface area contributed by atoms with Crippen molar-refractivity contribution in [3.63, 3.8) is 0 Å². The van der Waals surface area contributed by atoms with Crippen molar-refractivity contribution in [3.8, 4) is 0 Å². The van der Waals surface area contributed by atoms with Gasteiger partial charge in [-0.15, -0.1) is 13.2 Å². The molecule has 124 valence electrons. The molecule has 1 aromatic heterocycles. The predicted octanol–water partition coefficient (Wildman–Crippen LogP) is 1.98. The number of benzene rings is 1. The average Bonchev–Trinajstić information content (AvgIpc) is 2.86. The molecule has 1 aromatic carbocycles. The summed E-state index contributed by atoms with van der Waals surface area (Å²) < 4.78 is 15.4. The summed E-state index contributed by atoms with van der Waals surface area (Å²) in [6.07, 6.45) is 0. The molecule has 0 N–H and O–H groups in total. The van der Waals surface area contributed by atoms with Crippen LogP contribution in [0.5, 0.6) is 0 Å². The Morgan fingerprint density at radius 2 is 1.43 bits per heavy atom. The Hall–Kier alpha value is -1.79. The lowest BCUT2D eigenvalue weighted by molar-refractivity contribution is 0.00578. The van der Waals surface area contributed by atoms with Crippen molar-refractivity contribution in [2.24, 2.45) is 14.1 Å². The summed E-state index contributed by atoms with van der Waals surface area (Å²) in [5.74, 6) is 0. The topological polar surface area (TPSA) is 45.4 Å². The van der Waals surface area contributed by atoms with Gasteiger partial charge in [0.05, 0.1) is 22.2 Å². The Morgan fingerprint density at radius 3 is 1.96 bits per heavy atom. The lowest BCUT2D eigenvalue weighted by Gasteiger charge is -2.32. The largest absolute Gasteiger partial charge is 0.494 e. The standard InChI is InChI=1S/C15H21BN2O3.C2H4/c1-14(2)15(3,4)21-16(20-14)10-7-8-11-12(9-10)18(6)13(19)17(11)5;1-2/h7-9H,1-6H3;1-2H2. The summed E-state index contributed by atoms with van der Waals surface area (Å²) in [4.78, 5) is 12.0. The van der Waals surface area contributed by atoms with Crippen LogP contribution in [0.15, 0.2) is 36.2 Å². The Balaban J connectivity index is 0.000000924. The van der Waals surface area contributed by atoms with E-state index < -0.39 is 7.12 Å². The second-order valence-corrected chi connectivity index (χ2v) is 6.74. The lowest BCUT2D eigenvalue weighted by Crippen LogP contribution is -2.41. The molecule has 1 aliphatic rings. The molecule has 2 aromatic rings. The molecular weight excluding hydrogens is 291 g/mol. The molecule has 0 saturated carbocycles. The van der Waals surface area contributed by atoms with Gasteiger partial charge in [0.15, 0.2) is 0 Å². The van der Waals surface area contributed by atoms with Crippen LogP contribution in [0.1, 0.15) is 27.7 Å². The first kappa shape index (κ1) is 17.6. The summed E-state index contributed by atoms with van der Waals surface area (Å²) in [5, 5.41) is 0. The van der Waals surface area contributed by atoms with Gasteiger partial charge in [-0.25, -0.2) is 4.79 Å². The van der Waals surface area contributed by atoms with Crippen molar-refractivity contribution in [2.45, 2.75) is 38.9 Å². The van der Waals surface area contributed by atoms with Crippen LogP contribution >= 0.6 is 0 Å². The van der Waals surface area contributed by atoms with E-state index in [1.165, 1.54) is 0 Å². The first-order chi connectivity index (χ1) is 10.6. The molecular formula is C17H25BN2O3. The van der Waals surface area contributed by atoms with Crippen LogP contribution in [0.2, 0.25) is 0 Å². The molecule has 0 atom stereocenters. The van der Waals surface area contributed by atoms with Crippen molar-refractivity contribution in [1.29, 1.82) is 0 Å². The monoisotopic (exact) mass is 316 g/mol. The zero-order valence-electron chi connectivity index (χ0n) is 14.8. The van der Waals surface area contributed by atoms with Crippen LogP contribution in [0.25, 0.3) is 11.0 Å². The van der Waals surface area contributed by atoms with E-state index in [2.05, 4.69) is 13.2 Å². The fourth-order valence-corrected chi connectivity index (χ4v) is 2.65. The molecule has 1 aliphatic heterocycles. The fraction of sp³-hybridized carbons (Fsp3) is 0.471. The fourth-order valence-electron chi connectivity index (χ4n) is 2.65. The van der Waals surface area contributed by atoms with Gasteiger partial charge in [0.25, 0.3) is 0 Å². The van der Waals surface area contributed by atoms with Gasteiger partial charge in [0.2, 0.25) is 0 Å². The van der Waals surface area contributed by atoms with E-state index in [-0.39, 0.29) is 16.9 Å². The van der Waals surface area contributed by atoms with E-state index in [0.717, 1.165) is 16.5 Å². The summed E-state index contributed by atoms with van der Waals surface area (Å²) >= 11 is 0. The molecule has 1 saturated heterocycles. The number of nitrogens with zero attached hydrogens (tertiary/aromatic N) is 2. The highest BCUT2D eigenvalue weighted by molar-refractivity contribution is 6.62. The summed E-state index contributed by atoms with van der Waals surface area (Å²) in [7, 11) is 3.15. The van der Waals surface area contributed by atoms with Gasteiger partial charge in [0, 0.05) is 14.1 Å². The zero-order chi connectivity index (χ0) is 17.6. The molecule has 0 bridgehead atoms. The average molecular weight is 316 g/mol. The first-order valence-electron chi connectivity index (χ1n) is 7.65. The Labute approximate surface area is 137 Å². The van der Waals surface area contributed by atoms with Gasteiger partial charge in [-0.05, 0) is 45.3 Å². The molecule has 0 spiro atoms. The van der Waals surface area contributed by atoms with Gasteiger partial charge in [-0.3, -0.25) is 9.13 Å². The maximum atomic E-state index is 12.0. The van der Waals surface area contributed by atoms with Crippen molar-refractivity contribution >= 4 is 23.6 Å². The summed E-state index contributed by atoms with van der Waals surface area (Å²) in [5.41, 5.74) is 1.96. The van der Waals surface area contributed by atoms with E-state index in [1.807, 2.05) is 45.9 Å². The minimum Gasteiger partial charge on any atom is -0.399 e. The molecule has 0 radical (unpaired) electrons. The first-order valence-corrected chi connectivity index (χ1v) is 7.65. The molecule has 3 rings (SSSR count). The van der Waals surface area contributed by atoms with E-state index in [0.29, 0.717) is 0 Å². The van der Waals surface area contributed by atoms with Crippen molar-refractivity contribution in [1.82, 2.24) is 9.13 Å². The number of aromatic nitrogens is 2. The zero-order valence-corrected chi connectivity index (χ0v) is 14.8. The Morgan fingerprint density at radius 1 is 0.957 bits per heavy atom. The lowest BCUT2D eigenvalue weighted by atomic mass is 9.79. The smallest absolute Gasteiger partial charge is 0.399 e. The molecule has 0 aliphatic carbocycles. The van der Waals surface area contributed by atoms with Crippen LogP contribution in [0, 0.1) is 0 Å². The molecule has 6 heteroatoms. The van der Waals surface area contributed by atoms with Gasteiger partial charge >= 0.3 is 12.8 Å². The maximum absolute atomic E-state index is 12.0. The van der Waals surface area contributed by atoms with E-state index >= 15 is 0 Å². The van der Waals surface area contributed by atoms with Gasteiger partial charge in [-0.2, -0.15) is 0 Å². The highest BCUT2D eigenvalue weighted by atomic mass is 16.7. The molecule has 0 unspecified atom stereocenters. The Kier molecular flexibility index (Phi) is 4.35. The SMILES string of the molecule is C=C.Cn1c(=O)n(C)c2cc(B3OC(C)(C)C(C)(C)O3)ccc21. The van der Waals surface area contributed by atoms with Crippen LogP contribution in [-0.4, -0.2) is 27.5 Å². The van der Waals surface area contributed by atoms with Crippen LogP contribution < -0.4 is 11.2 Å². The Bertz CT molecular complexity index is 773. The third kappa shape index (κ3) is 2.66. The van der Waals surface area contributed by atoms with E-state index in [4.69, 9.17) is 9.31 Å². The number of rotatable bonds is 1. The number of imidazole rings is 1. The van der Waals surface area contributed by atoms with E-state index in [9.17, 15) is 4.79 Å². The molecule has 23 heavy (non-hydrogen) atoms. The summed E-state index contributed by atoms with van der Waals surface area (Å²) in [6, 6.07) is 5.87. The third-order valence-corrected chi connectivity index (χ3v) is 4.82. The quantitative estimate of drug-likeness (QED) is 0.597. The van der Waals surface area contributed by atoms with E-state index in [1.54, 1.807) is 23.2 Å². The summed E-state index contributed by atoms with van der Waals surface area (Å²) in [6.45, 7) is 14.1. The normalized spacial score (nSPS) is 18.8. The number of fused-ring (bicyclic) bond motifs is 1. The van der Waals surface area contributed by atoms with Crippen molar-refractivity contribution in [2.75, 3.05) is 0 Å². The minimum absolute atomic E-state index is 0.0314. The van der Waals surface area contributed by atoms with Crippen molar-refractivity contribution < 1.29 is 9.31 Å². The molecule has 1 fully saturated rings. The van der Waals surface area contributed by atoms with Crippen LogP contribution in [0.3, 0.4) is 0 Å². The van der Waals surface area contributed by atoms with Gasteiger partial charge in [0.1, 0.15) is 0 Å². The number of aryl methyl sites for hydroxylation is 2. The molecule has 5 nitrogen and oxygen atoms in total. The molecule has 0 amide bonds. The number of hydrogen-bond donors (Lipinski definition) is 0.